The van der Waals surface area contributed by atoms with Gasteiger partial charge in [0.2, 0.25) is 5.91 Å². The van der Waals surface area contributed by atoms with E-state index in [4.69, 9.17) is 5.26 Å². The fraction of sp³-hybridized carbons (Fsp3) is 0.300. The summed E-state index contributed by atoms with van der Waals surface area (Å²) in [4.78, 5) is 12.0. The molecule has 4 nitrogen and oxygen atoms in total. The van der Waals surface area contributed by atoms with Crippen molar-refractivity contribution in [2.24, 2.45) is 0 Å². The maximum Gasteiger partial charge on any atom is 0.226 e. The van der Waals surface area contributed by atoms with Crippen LogP contribution in [0, 0.1) is 11.3 Å². The Kier molecular flexibility index (Phi) is 5.59. The molecule has 2 aromatic carbocycles. The lowest BCUT2D eigenvalue weighted by Crippen LogP contribution is -2.16. The second kappa shape index (κ2) is 7.65. The van der Waals surface area contributed by atoms with E-state index in [9.17, 15) is 4.79 Å². The fourth-order valence-electron chi connectivity index (χ4n) is 2.30. The molecule has 2 rings (SSSR count). The van der Waals surface area contributed by atoms with Crippen molar-refractivity contribution in [3.05, 3.63) is 59.7 Å². The summed E-state index contributed by atoms with van der Waals surface area (Å²) in [6.07, 6.45) is 0.359. The lowest BCUT2D eigenvalue weighted by Gasteiger charge is -2.19. The highest BCUT2D eigenvalue weighted by atomic mass is 16.1. The van der Waals surface area contributed by atoms with Crippen molar-refractivity contribution in [2.75, 3.05) is 17.2 Å². The highest BCUT2D eigenvalue weighted by molar-refractivity contribution is 5.91. The lowest BCUT2D eigenvalue weighted by molar-refractivity contribution is -0.115. The van der Waals surface area contributed by atoms with Gasteiger partial charge in [-0.05, 0) is 41.3 Å². The molecule has 0 aliphatic heterocycles. The second-order valence-electron chi connectivity index (χ2n) is 6.74. The molecule has 0 radical (unpaired) electrons. The van der Waals surface area contributed by atoms with Crippen LogP contribution in [-0.2, 0) is 10.2 Å². The molecule has 4 heteroatoms. The van der Waals surface area contributed by atoms with Gasteiger partial charge in [0.1, 0.15) is 0 Å². The minimum Gasteiger partial charge on any atom is -0.385 e. The predicted molar refractivity (Wildman–Crippen MR) is 98.0 cm³/mol. The maximum absolute atomic E-state index is 12.0. The van der Waals surface area contributed by atoms with Crippen molar-refractivity contribution in [3.63, 3.8) is 0 Å². The number of hydrogen-bond acceptors (Lipinski definition) is 3. The smallest absolute Gasteiger partial charge is 0.226 e. The zero-order chi connectivity index (χ0) is 17.6. The number of rotatable bonds is 5. The minimum atomic E-state index is -0.0797. The number of nitrogens with one attached hydrogen (secondary N) is 2. The first-order valence-corrected chi connectivity index (χ1v) is 8.03. The van der Waals surface area contributed by atoms with Crippen molar-refractivity contribution in [2.45, 2.75) is 32.6 Å². The van der Waals surface area contributed by atoms with Gasteiger partial charge in [-0.1, -0.05) is 39.0 Å². The van der Waals surface area contributed by atoms with E-state index in [1.54, 1.807) is 24.3 Å². The first-order valence-electron chi connectivity index (χ1n) is 8.03. The van der Waals surface area contributed by atoms with Crippen LogP contribution in [0.25, 0.3) is 0 Å². The van der Waals surface area contributed by atoms with Gasteiger partial charge in [0, 0.05) is 24.3 Å². The Hall–Kier alpha value is -2.80. The van der Waals surface area contributed by atoms with Gasteiger partial charge in [-0.15, -0.1) is 0 Å². The van der Waals surface area contributed by atoms with Crippen LogP contribution in [0.3, 0.4) is 0 Å². The van der Waals surface area contributed by atoms with Gasteiger partial charge in [0.05, 0.1) is 11.6 Å². The van der Waals surface area contributed by atoms with E-state index in [2.05, 4.69) is 49.6 Å². The molecule has 0 aliphatic carbocycles. The molecule has 0 unspecified atom stereocenters. The number of nitriles is 1. The van der Waals surface area contributed by atoms with E-state index in [1.807, 2.05) is 12.1 Å². The normalized spacial score (nSPS) is 10.8. The number of hydrogen-bond donors (Lipinski definition) is 2. The van der Waals surface area contributed by atoms with E-state index in [-0.39, 0.29) is 11.3 Å². The third-order valence-electron chi connectivity index (χ3n) is 3.71. The zero-order valence-electron chi connectivity index (χ0n) is 14.4. The van der Waals surface area contributed by atoms with Crippen LogP contribution in [0.4, 0.5) is 11.4 Å². The van der Waals surface area contributed by atoms with Crippen molar-refractivity contribution in [1.82, 2.24) is 0 Å². The predicted octanol–water partition coefficient (Wildman–Crippen LogP) is 4.30. The molecule has 0 atom stereocenters. The van der Waals surface area contributed by atoms with Crippen LogP contribution in [0.1, 0.15) is 38.3 Å². The Labute approximate surface area is 143 Å². The molecule has 0 heterocycles. The van der Waals surface area contributed by atoms with Gasteiger partial charge in [-0.25, -0.2) is 0 Å². The van der Waals surface area contributed by atoms with Crippen molar-refractivity contribution in [3.8, 4) is 6.07 Å². The summed E-state index contributed by atoms with van der Waals surface area (Å²) >= 11 is 0. The molecule has 124 valence electrons. The first kappa shape index (κ1) is 17.6. The second-order valence-corrected chi connectivity index (χ2v) is 6.74. The number of amides is 1. The summed E-state index contributed by atoms with van der Waals surface area (Å²) in [5.74, 6) is -0.0797. The summed E-state index contributed by atoms with van der Waals surface area (Å²) in [5.41, 5.74) is 3.60. The molecule has 0 aromatic heterocycles. The van der Waals surface area contributed by atoms with Crippen LogP contribution in [-0.4, -0.2) is 12.5 Å². The fourth-order valence-corrected chi connectivity index (χ4v) is 2.30. The van der Waals surface area contributed by atoms with Gasteiger partial charge in [-0.2, -0.15) is 5.26 Å². The molecule has 0 saturated heterocycles. The SMILES string of the molecule is CC(C)(C)c1ccc(NCCC(=O)Nc2cccc(C#N)c2)cc1. The van der Waals surface area contributed by atoms with E-state index in [0.29, 0.717) is 24.2 Å². The highest BCUT2D eigenvalue weighted by Gasteiger charge is 2.12. The third-order valence-corrected chi connectivity index (χ3v) is 3.71. The van der Waals surface area contributed by atoms with E-state index in [0.717, 1.165) is 5.69 Å². The summed E-state index contributed by atoms with van der Waals surface area (Å²) in [6.45, 7) is 7.10. The number of anilines is 2. The quantitative estimate of drug-likeness (QED) is 0.863. The number of carbonyl (C=O) groups is 1. The van der Waals surface area contributed by atoms with Gasteiger partial charge in [0.25, 0.3) is 0 Å². The molecule has 2 aromatic rings. The Morgan fingerprint density at radius 2 is 1.79 bits per heavy atom. The molecule has 0 fully saturated rings. The summed E-state index contributed by atoms with van der Waals surface area (Å²) in [7, 11) is 0. The Bertz CT molecular complexity index is 737. The van der Waals surface area contributed by atoms with Gasteiger partial charge >= 0.3 is 0 Å². The van der Waals surface area contributed by atoms with Crippen LogP contribution in [0.5, 0.6) is 0 Å². The largest absolute Gasteiger partial charge is 0.385 e. The Balaban J connectivity index is 1.81. The molecule has 2 N–H and O–H groups in total. The molecular weight excluding hydrogens is 298 g/mol. The minimum absolute atomic E-state index is 0.0797. The van der Waals surface area contributed by atoms with E-state index in [1.165, 1.54) is 5.56 Å². The molecular formula is C20H23N3O. The maximum atomic E-state index is 12.0. The van der Waals surface area contributed by atoms with E-state index < -0.39 is 0 Å². The van der Waals surface area contributed by atoms with Gasteiger partial charge in [-0.3, -0.25) is 4.79 Å². The molecule has 1 amide bonds. The summed E-state index contributed by atoms with van der Waals surface area (Å²) < 4.78 is 0. The van der Waals surface area contributed by atoms with Crippen LogP contribution >= 0.6 is 0 Å². The Morgan fingerprint density at radius 3 is 2.42 bits per heavy atom. The Morgan fingerprint density at radius 1 is 1.08 bits per heavy atom. The first-order chi connectivity index (χ1) is 11.4. The molecule has 24 heavy (non-hydrogen) atoms. The standard InChI is InChI=1S/C20H23N3O/c1-20(2,3)16-7-9-17(10-8-16)22-12-11-19(24)23-18-6-4-5-15(13-18)14-21/h4-10,13,22H,11-12H2,1-3H3,(H,23,24). The lowest BCUT2D eigenvalue weighted by atomic mass is 9.87. The summed E-state index contributed by atoms with van der Waals surface area (Å²) in [5, 5.41) is 14.9. The zero-order valence-corrected chi connectivity index (χ0v) is 14.4. The van der Waals surface area contributed by atoms with E-state index >= 15 is 0 Å². The summed E-state index contributed by atoms with van der Waals surface area (Å²) in [6, 6.07) is 17.2. The number of carbonyl (C=O) groups excluding carboxylic acids is 1. The third kappa shape index (κ3) is 5.13. The van der Waals surface area contributed by atoms with Gasteiger partial charge < -0.3 is 10.6 Å². The van der Waals surface area contributed by atoms with Crippen molar-refractivity contribution < 1.29 is 4.79 Å². The highest BCUT2D eigenvalue weighted by Crippen LogP contribution is 2.23. The topological polar surface area (TPSA) is 64.9 Å². The number of nitrogens with zero attached hydrogens (tertiary/aromatic N) is 1. The average Bonchev–Trinajstić information content (AvgIpc) is 2.54. The number of benzene rings is 2. The van der Waals surface area contributed by atoms with Crippen molar-refractivity contribution >= 4 is 17.3 Å². The van der Waals surface area contributed by atoms with Crippen LogP contribution in [0.2, 0.25) is 0 Å². The molecule has 0 saturated carbocycles. The van der Waals surface area contributed by atoms with Crippen LogP contribution < -0.4 is 10.6 Å². The molecule has 0 bridgehead atoms. The van der Waals surface area contributed by atoms with Gasteiger partial charge in [0.15, 0.2) is 0 Å². The monoisotopic (exact) mass is 321 g/mol. The van der Waals surface area contributed by atoms with Crippen molar-refractivity contribution in [1.29, 1.82) is 5.26 Å². The van der Waals surface area contributed by atoms with Crippen LogP contribution in [0.15, 0.2) is 48.5 Å². The average molecular weight is 321 g/mol. The molecule has 0 spiro atoms. The molecule has 0 aliphatic rings.